The van der Waals surface area contributed by atoms with Gasteiger partial charge in [0.1, 0.15) is 0 Å². The lowest BCUT2D eigenvalue weighted by atomic mass is 9.95. The minimum atomic E-state index is 1.09. The molecular weight excluding hydrogens is 300 g/mol. The fraction of sp³-hybridized carbons (Fsp3) is 0.280. The molecule has 0 aliphatic rings. The number of rotatable bonds is 5. The molecule has 132 valence electrons. The Bertz CT molecular complexity index is 712. The SMILES string of the molecule is C/C=C\C=C(/C)CC.C=C(C)c1ccccc1-c1ccc(CC)cc1. The first-order chi connectivity index (χ1) is 12.0. The molecule has 2 aromatic rings. The van der Waals surface area contributed by atoms with Crippen molar-refractivity contribution in [1.82, 2.24) is 0 Å². The largest absolute Gasteiger partial charge is 0.0955 e. The van der Waals surface area contributed by atoms with Crippen LogP contribution in [0, 0.1) is 0 Å². The third kappa shape index (κ3) is 6.97. The highest BCUT2D eigenvalue weighted by atomic mass is 14.1. The maximum Gasteiger partial charge on any atom is -0.0109 e. The van der Waals surface area contributed by atoms with Gasteiger partial charge in [0.2, 0.25) is 0 Å². The van der Waals surface area contributed by atoms with Gasteiger partial charge in [-0.1, -0.05) is 98.3 Å². The molecule has 0 aliphatic heterocycles. The quantitative estimate of drug-likeness (QED) is 0.489. The summed E-state index contributed by atoms with van der Waals surface area (Å²) in [7, 11) is 0. The summed E-state index contributed by atoms with van der Waals surface area (Å²) in [4.78, 5) is 0. The van der Waals surface area contributed by atoms with Crippen LogP contribution in [0.3, 0.4) is 0 Å². The number of hydrogen-bond donors (Lipinski definition) is 0. The molecule has 0 saturated heterocycles. The van der Waals surface area contributed by atoms with Gasteiger partial charge in [0, 0.05) is 0 Å². The molecule has 0 unspecified atom stereocenters. The zero-order valence-corrected chi connectivity index (χ0v) is 16.5. The lowest BCUT2D eigenvalue weighted by Crippen LogP contribution is -1.87. The Morgan fingerprint density at radius 3 is 2.12 bits per heavy atom. The Hall–Kier alpha value is -2.34. The summed E-state index contributed by atoms with van der Waals surface area (Å²) >= 11 is 0. The first-order valence-electron chi connectivity index (χ1n) is 9.16. The van der Waals surface area contributed by atoms with Crippen molar-refractivity contribution in [2.75, 3.05) is 0 Å². The van der Waals surface area contributed by atoms with Gasteiger partial charge in [0.05, 0.1) is 0 Å². The first kappa shape index (κ1) is 20.7. The van der Waals surface area contributed by atoms with E-state index in [1.54, 1.807) is 0 Å². The lowest BCUT2D eigenvalue weighted by Gasteiger charge is -2.09. The minimum absolute atomic E-state index is 1.09. The second-order valence-electron chi connectivity index (χ2n) is 6.27. The van der Waals surface area contributed by atoms with Crippen molar-refractivity contribution in [2.45, 2.75) is 47.5 Å². The van der Waals surface area contributed by atoms with E-state index in [9.17, 15) is 0 Å². The predicted octanol–water partition coefficient (Wildman–Crippen LogP) is 7.87. The molecule has 0 amide bonds. The molecule has 0 aliphatic carbocycles. The Kier molecular flexibility index (Phi) is 9.32. The summed E-state index contributed by atoms with van der Waals surface area (Å²) < 4.78 is 0. The highest BCUT2D eigenvalue weighted by Crippen LogP contribution is 2.28. The topological polar surface area (TPSA) is 0 Å². The van der Waals surface area contributed by atoms with Gasteiger partial charge >= 0.3 is 0 Å². The maximum absolute atomic E-state index is 4.05. The second kappa shape index (κ2) is 11.3. The van der Waals surface area contributed by atoms with Crippen LogP contribution in [0.1, 0.15) is 52.2 Å². The average Bonchev–Trinajstić information content (AvgIpc) is 2.66. The van der Waals surface area contributed by atoms with Crippen LogP contribution in [-0.4, -0.2) is 0 Å². The molecule has 0 saturated carbocycles. The standard InChI is InChI=1S/C17H18.C8H14/c1-4-14-9-11-15(12-10-14)17-8-6-5-7-16(17)13(2)3;1-4-6-7-8(3)5-2/h5-12H,2,4H2,1,3H3;4,6-7H,5H2,1-3H3/b;6-4-,8-7+. The highest BCUT2D eigenvalue weighted by Gasteiger charge is 2.04. The number of benzene rings is 2. The van der Waals surface area contributed by atoms with Crippen molar-refractivity contribution >= 4 is 5.57 Å². The number of aryl methyl sites for hydroxylation is 1. The summed E-state index contributed by atoms with van der Waals surface area (Å²) in [6, 6.07) is 17.2. The van der Waals surface area contributed by atoms with Crippen LogP contribution in [-0.2, 0) is 6.42 Å². The third-order valence-electron chi connectivity index (χ3n) is 4.19. The molecule has 0 heterocycles. The summed E-state index contributed by atoms with van der Waals surface area (Å²) in [5.74, 6) is 0. The van der Waals surface area contributed by atoms with Gasteiger partial charge in [-0.25, -0.2) is 0 Å². The molecule has 0 N–H and O–H groups in total. The Morgan fingerprint density at radius 2 is 1.60 bits per heavy atom. The second-order valence-corrected chi connectivity index (χ2v) is 6.27. The summed E-state index contributed by atoms with van der Waals surface area (Å²) in [6.45, 7) is 14.6. The fourth-order valence-electron chi connectivity index (χ4n) is 2.41. The van der Waals surface area contributed by atoms with Gasteiger partial charge in [-0.2, -0.15) is 0 Å². The van der Waals surface area contributed by atoms with E-state index in [1.165, 1.54) is 27.8 Å². The molecular formula is C25H32. The molecule has 0 nitrogen and oxygen atoms in total. The van der Waals surface area contributed by atoms with E-state index >= 15 is 0 Å². The summed E-state index contributed by atoms with van der Waals surface area (Å²) in [5.41, 5.74) is 7.69. The number of hydrogen-bond acceptors (Lipinski definition) is 0. The molecule has 25 heavy (non-hydrogen) atoms. The molecule has 0 fully saturated rings. The van der Waals surface area contributed by atoms with Crippen LogP contribution in [0.5, 0.6) is 0 Å². The van der Waals surface area contributed by atoms with E-state index in [-0.39, 0.29) is 0 Å². The van der Waals surface area contributed by atoms with Gasteiger partial charge in [0.15, 0.2) is 0 Å². The molecule has 0 radical (unpaired) electrons. The Morgan fingerprint density at radius 1 is 0.960 bits per heavy atom. The fourth-order valence-corrected chi connectivity index (χ4v) is 2.41. The van der Waals surface area contributed by atoms with Gasteiger partial charge in [-0.15, -0.1) is 0 Å². The Balaban J connectivity index is 0.000000333. The van der Waals surface area contributed by atoms with Gasteiger partial charge in [0.25, 0.3) is 0 Å². The van der Waals surface area contributed by atoms with E-state index < -0.39 is 0 Å². The zero-order chi connectivity index (χ0) is 18.7. The maximum atomic E-state index is 4.05. The van der Waals surface area contributed by atoms with Gasteiger partial charge < -0.3 is 0 Å². The van der Waals surface area contributed by atoms with Crippen LogP contribution in [0.25, 0.3) is 16.7 Å². The van der Waals surface area contributed by atoms with Gasteiger partial charge in [-0.05, 0) is 55.9 Å². The van der Waals surface area contributed by atoms with Crippen molar-refractivity contribution in [3.63, 3.8) is 0 Å². The molecule has 0 spiro atoms. The smallest absolute Gasteiger partial charge is 0.0109 e. The van der Waals surface area contributed by atoms with Crippen molar-refractivity contribution in [1.29, 1.82) is 0 Å². The highest BCUT2D eigenvalue weighted by molar-refractivity contribution is 5.79. The molecule has 0 heteroatoms. The van der Waals surface area contributed by atoms with Crippen LogP contribution in [0.2, 0.25) is 0 Å². The molecule has 0 atom stereocenters. The van der Waals surface area contributed by atoms with Crippen molar-refractivity contribution in [2.24, 2.45) is 0 Å². The zero-order valence-electron chi connectivity index (χ0n) is 16.5. The van der Waals surface area contributed by atoms with Crippen molar-refractivity contribution in [3.8, 4) is 11.1 Å². The van der Waals surface area contributed by atoms with E-state index in [0.29, 0.717) is 0 Å². The molecule has 0 aromatic heterocycles. The number of allylic oxidation sites excluding steroid dienone is 5. The van der Waals surface area contributed by atoms with Gasteiger partial charge in [-0.3, -0.25) is 0 Å². The van der Waals surface area contributed by atoms with Crippen LogP contribution in [0.15, 0.2) is 78.9 Å². The summed E-state index contributed by atoms with van der Waals surface area (Å²) in [6.07, 6.45) is 8.49. The van der Waals surface area contributed by atoms with Crippen LogP contribution >= 0.6 is 0 Å². The van der Waals surface area contributed by atoms with Crippen molar-refractivity contribution in [3.05, 3.63) is 90.0 Å². The summed E-state index contributed by atoms with van der Waals surface area (Å²) in [5, 5.41) is 0. The monoisotopic (exact) mass is 332 g/mol. The minimum Gasteiger partial charge on any atom is -0.0955 e. The lowest BCUT2D eigenvalue weighted by molar-refractivity contribution is 1.10. The van der Waals surface area contributed by atoms with E-state index in [0.717, 1.165) is 18.4 Å². The molecule has 2 aromatic carbocycles. The normalized spacial score (nSPS) is 11.2. The van der Waals surface area contributed by atoms with Crippen LogP contribution < -0.4 is 0 Å². The average molecular weight is 333 g/mol. The van der Waals surface area contributed by atoms with E-state index in [4.69, 9.17) is 0 Å². The Labute approximate surface area is 154 Å². The predicted molar refractivity (Wildman–Crippen MR) is 115 cm³/mol. The van der Waals surface area contributed by atoms with E-state index in [2.05, 4.69) is 95.0 Å². The van der Waals surface area contributed by atoms with Crippen molar-refractivity contribution < 1.29 is 0 Å². The first-order valence-corrected chi connectivity index (χ1v) is 9.16. The van der Waals surface area contributed by atoms with E-state index in [1.807, 2.05) is 13.0 Å². The molecule has 2 rings (SSSR count). The van der Waals surface area contributed by atoms with Crippen LogP contribution in [0.4, 0.5) is 0 Å². The molecule has 0 bridgehead atoms. The third-order valence-corrected chi connectivity index (χ3v) is 4.19.